The molecule has 8 heteroatoms. The Balaban J connectivity index is 1.45. The second kappa shape index (κ2) is 9.48. The summed E-state index contributed by atoms with van der Waals surface area (Å²) in [5.41, 5.74) is 1.88. The van der Waals surface area contributed by atoms with Gasteiger partial charge in [0.25, 0.3) is 0 Å². The van der Waals surface area contributed by atoms with Crippen molar-refractivity contribution in [2.75, 3.05) is 14.2 Å². The maximum Gasteiger partial charge on any atom is 0.337 e. The molecule has 0 radical (unpaired) electrons. The molecule has 1 N–H and O–H groups in total. The number of aliphatic hydroxyl groups is 1. The average Bonchev–Trinajstić information content (AvgIpc) is 3.56. The van der Waals surface area contributed by atoms with Crippen molar-refractivity contribution < 1.29 is 24.1 Å². The lowest BCUT2D eigenvalue weighted by molar-refractivity contribution is -0.146. The van der Waals surface area contributed by atoms with Crippen LogP contribution in [0.25, 0.3) is 0 Å². The molecule has 0 fully saturated rings. The molecule has 5 rings (SSSR count). The number of carbonyl (C=O) groups excluding carboxylic acids is 1. The van der Waals surface area contributed by atoms with Crippen molar-refractivity contribution in [2.45, 2.75) is 24.9 Å². The molecule has 0 saturated carbocycles. The Labute approximate surface area is 203 Å². The molecule has 35 heavy (non-hydrogen) atoms. The van der Waals surface area contributed by atoms with Gasteiger partial charge in [-0.3, -0.25) is 0 Å². The molecule has 1 aliphatic carbocycles. The molecule has 180 valence electrons. The fourth-order valence-electron chi connectivity index (χ4n) is 5.06. The largest absolute Gasteiger partial charge is 0.471 e. The zero-order chi connectivity index (χ0) is 24.4. The van der Waals surface area contributed by atoms with E-state index in [-0.39, 0.29) is 11.8 Å². The minimum Gasteiger partial charge on any atom is -0.471 e. The lowest BCUT2D eigenvalue weighted by Crippen LogP contribution is -2.37. The smallest absolute Gasteiger partial charge is 0.337 e. The predicted octanol–water partition coefficient (Wildman–Crippen LogP) is 3.18. The Morgan fingerprint density at radius 1 is 1.11 bits per heavy atom. The molecule has 3 aromatic rings. The Hall–Kier alpha value is -3.75. The molecule has 0 amide bonds. The Morgan fingerprint density at radius 2 is 1.77 bits per heavy atom. The van der Waals surface area contributed by atoms with Crippen LogP contribution in [0.2, 0.25) is 0 Å². The number of esters is 1. The van der Waals surface area contributed by atoms with E-state index in [2.05, 4.69) is 16.4 Å². The molecule has 8 nitrogen and oxygen atoms in total. The number of hydrogen-bond acceptors (Lipinski definition) is 7. The Kier molecular flexibility index (Phi) is 6.23. The van der Waals surface area contributed by atoms with Gasteiger partial charge >= 0.3 is 5.97 Å². The lowest BCUT2D eigenvalue weighted by atomic mass is 9.83. The molecule has 0 spiro atoms. The van der Waals surface area contributed by atoms with Crippen LogP contribution in [0.15, 0.2) is 90.3 Å². The van der Waals surface area contributed by atoms with Gasteiger partial charge in [0.2, 0.25) is 6.29 Å². The summed E-state index contributed by atoms with van der Waals surface area (Å²) in [7, 11) is 2.95. The van der Waals surface area contributed by atoms with Gasteiger partial charge in [-0.1, -0.05) is 72.0 Å². The predicted molar refractivity (Wildman–Crippen MR) is 127 cm³/mol. The van der Waals surface area contributed by atoms with Crippen molar-refractivity contribution in [3.63, 3.8) is 0 Å². The van der Waals surface area contributed by atoms with Crippen LogP contribution in [0, 0.1) is 11.8 Å². The number of benzene rings is 2. The molecule has 2 aliphatic rings. The summed E-state index contributed by atoms with van der Waals surface area (Å²) in [6, 6.07) is 18.9. The van der Waals surface area contributed by atoms with Gasteiger partial charge in [-0.2, -0.15) is 0 Å². The van der Waals surface area contributed by atoms with Gasteiger partial charge in [-0.05, 0) is 23.1 Å². The first kappa shape index (κ1) is 23.0. The van der Waals surface area contributed by atoms with Crippen LogP contribution in [0.5, 0.6) is 0 Å². The van der Waals surface area contributed by atoms with E-state index < -0.39 is 17.9 Å². The van der Waals surface area contributed by atoms with Gasteiger partial charge < -0.3 is 19.3 Å². The van der Waals surface area contributed by atoms with E-state index >= 15 is 0 Å². The third-order valence-electron chi connectivity index (χ3n) is 6.81. The van der Waals surface area contributed by atoms with E-state index in [1.165, 1.54) is 13.4 Å². The van der Waals surface area contributed by atoms with E-state index in [1.807, 2.05) is 60.7 Å². The Bertz CT molecular complexity index is 1210. The second-order valence-corrected chi connectivity index (χ2v) is 8.70. The van der Waals surface area contributed by atoms with Gasteiger partial charge in [0.05, 0.1) is 37.6 Å². The molecule has 2 aromatic carbocycles. The number of nitrogens with zero attached hydrogens (tertiary/aromatic N) is 3. The van der Waals surface area contributed by atoms with Gasteiger partial charge in [-0.25, -0.2) is 9.48 Å². The third kappa shape index (κ3) is 4.05. The van der Waals surface area contributed by atoms with Crippen LogP contribution in [0.4, 0.5) is 0 Å². The number of allylic oxidation sites excluding steroid dienone is 1. The van der Waals surface area contributed by atoms with E-state index in [9.17, 15) is 9.90 Å². The standard InChI is InChI=1S/C27H27N3O5/c1-33-25(31)22-17-35-26(34-2)24-18(13-14-21(22)24)15-30-16-23(28-29-30)27(32,19-9-5-3-6-10-19)20-11-7-4-8-12-20/h3-13,16-17,21,24,26,32H,14-15H2,1-2H3/t21-,24-,26-/m1/s1. The van der Waals surface area contributed by atoms with Crippen LogP contribution < -0.4 is 0 Å². The first-order valence-corrected chi connectivity index (χ1v) is 11.5. The molecular formula is C27H27N3O5. The van der Waals surface area contributed by atoms with Crippen LogP contribution >= 0.6 is 0 Å². The fourth-order valence-corrected chi connectivity index (χ4v) is 5.06. The number of rotatable bonds is 7. The SMILES string of the molecule is COC(=O)C1=CO[C@@H](OC)[C@@H]2C(Cn3cc(C(O)(c4ccccc4)c4ccccc4)nn3)=CC[C@H]12. The third-order valence-corrected chi connectivity index (χ3v) is 6.81. The summed E-state index contributed by atoms with van der Waals surface area (Å²) < 4.78 is 17.9. The molecule has 0 saturated heterocycles. The van der Waals surface area contributed by atoms with Gasteiger partial charge in [0, 0.05) is 13.0 Å². The second-order valence-electron chi connectivity index (χ2n) is 8.70. The molecule has 0 bridgehead atoms. The van der Waals surface area contributed by atoms with Crippen LogP contribution in [0.3, 0.4) is 0 Å². The minimum atomic E-state index is -1.46. The summed E-state index contributed by atoms with van der Waals surface area (Å²) >= 11 is 0. The maximum absolute atomic E-state index is 12.3. The monoisotopic (exact) mass is 473 g/mol. The zero-order valence-electron chi connectivity index (χ0n) is 19.6. The van der Waals surface area contributed by atoms with Crippen molar-refractivity contribution in [3.05, 3.63) is 107 Å². The number of ether oxygens (including phenoxy) is 3. The molecule has 3 atom stereocenters. The van der Waals surface area contributed by atoms with Crippen molar-refractivity contribution in [1.29, 1.82) is 0 Å². The first-order chi connectivity index (χ1) is 17.1. The summed E-state index contributed by atoms with van der Waals surface area (Å²) in [6.07, 6.45) is 5.45. The van der Waals surface area contributed by atoms with Crippen molar-refractivity contribution in [1.82, 2.24) is 15.0 Å². The van der Waals surface area contributed by atoms with E-state index in [0.29, 0.717) is 35.4 Å². The Morgan fingerprint density at radius 3 is 2.37 bits per heavy atom. The topological polar surface area (TPSA) is 95.7 Å². The average molecular weight is 474 g/mol. The van der Waals surface area contributed by atoms with Crippen LogP contribution in [-0.2, 0) is 31.2 Å². The summed E-state index contributed by atoms with van der Waals surface area (Å²) in [4.78, 5) is 12.3. The number of fused-ring (bicyclic) bond motifs is 1. The molecule has 1 aliphatic heterocycles. The van der Waals surface area contributed by atoms with Crippen LogP contribution in [-0.4, -0.2) is 46.6 Å². The van der Waals surface area contributed by atoms with Gasteiger partial charge in [-0.15, -0.1) is 5.10 Å². The molecular weight excluding hydrogens is 446 g/mol. The van der Waals surface area contributed by atoms with E-state index in [4.69, 9.17) is 14.2 Å². The number of carbonyl (C=O) groups is 1. The van der Waals surface area contributed by atoms with Gasteiger partial charge in [0.1, 0.15) is 5.69 Å². The summed E-state index contributed by atoms with van der Waals surface area (Å²) in [5.74, 6) is -0.651. The maximum atomic E-state index is 12.3. The molecule has 0 unspecified atom stereocenters. The van der Waals surface area contributed by atoms with Crippen molar-refractivity contribution in [2.24, 2.45) is 11.8 Å². The number of methoxy groups -OCH3 is 2. The summed E-state index contributed by atoms with van der Waals surface area (Å²) in [6.45, 7) is 0.422. The first-order valence-electron chi connectivity index (χ1n) is 11.5. The highest BCUT2D eigenvalue weighted by molar-refractivity contribution is 5.89. The normalized spacial score (nSPS) is 21.5. The lowest BCUT2D eigenvalue weighted by Gasteiger charge is -2.34. The highest BCUT2D eigenvalue weighted by Crippen LogP contribution is 2.44. The van der Waals surface area contributed by atoms with Crippen LogP contribution in [0.1, 0.15) is 23.2 Å². The van der Waals surface area contributed by atoms with Crippen molar-refractivity contribution in [3.8, 4) is 0 Å². The highest BCUT2D eigenvalue weighted by atomic mass is 16.7. The fraction of sp³-hybridized carbons (Fsp3) is 0.296. The zero-order valence-corrected chi connectivity index (χ0v) is 19.6. The van der Waals surface area contributed by atoms with Gasteiger partial charge in [0.15, 0.2) is 5.60 Å². The van der Waals surface area contributed by atoms with Crippen molar-refractivity contribution >= 4 is 5.97 Å². The summed E-state index contributed by atoms with van der Waals surface area (Å²) in [5, 5.41) is 20.7. The van der Waals surface area contributed by atoms with E-state index in [0.717, 1.165) is 5.57 Å². The quantitative estimate of drug-likeness (QED) is 0.416. The van der Waals surface area contributed by atoms with E-state index in [1.54, 1.807) is 18.0 Å². The molecule has 2 heterocycles. The highest BCUT2D eigenvalue weighted by Gasteiger charge is 2.45. The minimum absolute atomic E-state index is 0.0929. The molecule has 1 aromatic heterocycles. The number of hydrogen-bond donors (Lipinski definition) is 1. The number of aromatic nitrogens is 3.